The second kappa shape index (κ2) is 8.01. The zero-order valence-corrected chi connectivity index (χ0v) is 16.2. The van der Waals surface area contributed by atoms with Crippen molar-refractivity contribution in [2.45, 2.75) is 52.1 Å². The summed E-state index contributed by atoms with van der Waals surface area (Å²) in [4.78, 5) is 2.35. The number of hydrogen-bond acceptors (Lipinski definition) is 1. The van der Waals surface area contributed by atoms with Crippen LogP contribution in [0.15, 0.2) is 54.6 Å². The standard InChI is InChI=1S/C22H28N2S/c1-16(2)19-11-13-21(14-12-19)23-22(25)24(17(3)20-9-10-20)15-18-7-5-4-6-8-18/h4-8,11-14,16-17,20H,9-10,15H2,1-3H3,(H,23,25). The van der Waals surface area contributed by atoms with E-state index in [9.17, 15) is 0 Å². The monoisotopic (exact) mass is 352 g/mol. The maximum Gasteiger partial charge on any atom is 0.173 e. The van der Waals surface area contributed by atoms with Crippen LogP contribution >= 0.6 is 12.2 Å². The zero-order chi connectivity index (χ0) is 17.8. The lowest BCUT2D eigenvalue weighted by atomic mass is 10.0. The highest BCUT2D eigenvalue weighted by Crippen LogP contribution is 2.36. The topological polar surface area (TPSA) is 15.3 Å². The van der Waals surface area contributed by atoms with E-state index in [2.05, 4.69) is 85.6 Å². The number of anilines is 1. The summed E-state index contributed by atoms with van der Waals surface area (Å²) >= 11 is 5.78. The molecule has 2 aromatic carbocycles. The van der Waals surface area contributed by atoms with Crippen LogP contribution in [-0.4, -0.2) is 16.1 Å². The van der Waals surface area contributed by atoms with Gasteiger partial charge in [-0.05, 0) is 67.1 Å². The van der Waals surface area contributed by atoms with Crippen molar-refractivity contribution in [3.63, 3.8) is 0 Å². The van der Waals surface area contributed by atoms with Crippen molar-refractivity contribution < 1.29 is 0 Å². The van der Waals surface area contributed by atoms with E-state index in [4.69, 9.17) is 12.2 Å². The Kier molecular flexibility index (Phi) is 5.74. The van der Waals surface area contributed by atoms with Crippen molar-refractivity contribution in [2.75, 3.05) is 5.32 Å². The number of hydrogen-bond donors (Lipinski definition) is 1. The molecule has 3 rings (SSSR count). The Morgan fingerprint density at radius 1 is 1.04 bits per heavy atom. The predicted octanol–water partition coefficient (Wildman–Crippen LogP) is 5.81. The van der Waals surface area contributed by atoms with Crippen LogP contribution in [0.3, 0.4) is 0 Å². The second-order valence-corrected chi connectivity index (χ2v) is 7.79. The van der Waals surface area contributed by atoms with E-state index in [1.165, 1.54) is 24.0 Å². The molecule has 0 bridgehead atoms. The SMILES string of the molecule is CC(C)c1ccc(NC(=S)N(Cc2ccccc2)C(C)C2CC2)cc1. The summed E-state index contributed by atoms with van der Waals surface area (Å²) in [6.45, 7) is 7.59. The van der Waals surface area contributed by atoms with Crippen LogP contribution in [0.1, 0.15) is 50.7 Å². The first-order valence-corrected chi connectivity index (χ1v) is 9.67. The van der Waals surface area contributed by atoms with Crippen LogP contribution in [0.5, 0.6) is 0 Å². The molecule has 0 aromatic heterocycles. The van der Waals surface area contributed by atoms with Crippen LogP contribution in [0.25, 0.3) is 0 Å². The van der Waals surface area contributed by atoms with Gasteiger partial charge in [-0.15, -0.1) is 0 Å². The number of benzene rings is 2. The molecule has 1 fully saturated rings. The van der Waals surface area contributed by atoms with E-state index in [-0.39, 0.29) is 0 Å². The van der Waals surface area contributed by atoms with Crippen LogP contribution in [-0.2, 0) is 6.54 Å². The van der Waals surface area contributed by atoms with E-state index >= 15 is 0 Å². The fourth-order valence-corrected chi connectivity index (χ4v) is 3.51. The molecule has 2 aromatic rings. The van der Waals surface area contributed by atoms with Crippen LogP contribution in [0, 0.1) is 5.92 Å². The molecule has 0 aliphatic heterocycles. The molecule has 1 saturated carbocycles. The fourth-order valence-electron chi connectivity index (χ4n) is 3.16. The van der Waals surface area contributed by atoms with Gasteiger partial charge in [0, 0.05) is 18.3 Å². The van der Waals surface area contributed by atoms with Crippen molar-refractivity contribution in [3.8, 4) is 0 Å². The molecule has 132 valence electrons. The highest BCUT2D eigenvalue weighted by atomic mass is 32.1. The third-order valence-corrected chi connectivity index (χ3v) is 5.42. The largest absolute Gasteiger partial charge is 0.342 e. The van der Waals surface area contributed by atoms with Crippen molar-refractivity contribution in [1.82, 2.24) is 4.90 Å². The molecule has 3 heteroatoms. The minimum absolute atomic E-state index is 0.468. The Morgan fingerprint density at radius 2 is 1.68 bits per heavy atom. The summed E-state index contributed by atoms with van der Waals surface area (Å²) < 4.78 is 0. The lowest BCUT2D eigenvalue weighted by Crippen LogP contribution is -2.41. The van der Waals surface area contributed by atoms with Crippen molar-refractivity contribution in [1.29, 1.82) is 0 Å². The van der Waals surface area contributed by atoms with E-state index in [0.717, 1.165) is 23.3 Å². The molecule has 0 spiro atoms. The third kappa shape index (κ3) is 4.82. The maximum atomic E-state index is 5.78. The van der Waals surface area contributed by atoms with Crippen molar-refractivity contribution in [2.24, 2.45) is 5.92 Å². The van der Waals surface area contributed by atoms with Gasteiger partial charge in [-0.25, -0.2) is 0 Å². The lowest BCUT2D eigenvalue weighted by molar-refractivity contribution is 0.298. The van der Waals surface area contributed by atoms with Gasteiger partial charge in [-0.2, -0.15) is 0 Å². The minimum Gasteiger partial charge on any atom is -0.342 e. The maximum absolute atomic E-state index is 5.78. The minimum atomic E-state index is 0.468. The van der Waals surface area contributed by atoms with Crippen LogP contribution in [0.4, 0.5) is 5.69 Å². The first-order chi connectivity index (χ1) is 12.0. The van der Waals surface area contributed by atoms with Gasteiger partial charge >= 0.3 is 0 Å². The molecule has 25 heavy (non-hydrogen) atoms. The van der Waals surface area contributed by atoms with Gasteiger partial charge in [0.05, 0.1) is 0 Å². The second-order valence-electron chi connectivity index (χ2n) is 7.40. The number of nitrogens with one attached hydrogen (secondary N) is 1. The number of nitrogens with zero attached hydrogens (tertiary/aromatic N) is 1. The summed E-state index contributed by atoms with van der Waals surface area (Å²) in [6, 6.07) is 19.7. The van der Waals surface area contributed by atoms with Crippen molar-refractivity contribution >= 4 is 23.0 Å². The first-order valence-electron chi connectivity index (χ1n) is 9.26. The lowest BCUT2D eigenvalue weighted by Gasteiger charge is -2.32. The van der Waals surface area contributed by atoms with E-state index in [1.807, 2.05) is 0 Å². The molecule has 2 nitrogen and oxygen atoms in total. The van der Waals surface area contributed by atoms with Gasteiger partial charge in [0.15, 0.2) is 5.11 Å². The van der Waals surface area contributed by atoms with E-state index < -0.39 is 0 Å². The van der Waals surface area contributed by atoms with Gasteiger partial charge in [-0.3, -0.25) is 0 Å². The fraction of sp³-hybridized carbons (Fsp3) is 0.409. The Labute approximate surface area is 157 Å². The normalized spacial score (nSPS) is 15.0. The molecule has 0 heterocycles. The summed E-state index contributed by atoms with van der Waals surface area (Å²) in [5, 5.41) is 4.27. The molecule has 0 amide bonds. The third-order valence-electron chi connectivity index (χ3n) is 5.08. The quantitative estimate of drug-likeness (QED) is 0.661. The first kappa shape index (κ1) is 17.9. The summed E-state index contributed by atoms with van der Waals surface area (Å²) in [7, 11) is 0. The zero-order valence-electron chi connectivity index (χ0n) is 15.4. The van der Waals surface area contributed by atoms with Crippen LogP contribution in [0.2, 0.25) is 0 Å². The number of thiocarbonyl (C=S) groups is 1. The van der Waals surface area contributed by atoms with Gasteiger partial charge in [0.25, 0.3) is 0 Å². The van der Waals surface area contributed by atoms with Crippen LogP contribution < -0.4 is 5.32 Å². The van der Waals surface area contributed by atoms with Gasteiger partial charge in [0.2, 0.25) is 0 Å². The summed E-state index contributed by atoms with van der Waals surface area (Å²) in [6.07, 6.45) is 2.64. The van der Waals surface area contributed by atoms with E-state index in [0.29, 0.717) is 12.0 Å². The predicted molar refractivity (Wildman–Crippen MR) is 111 cm³/mol. The van der Waals surface area contributed by atoms with Gasteiger partial charge in [0.1, 0.15) is 0 Å². The molecule has 1 aliphatic carbocycles. The van der Waals surface area contributed by atoms with Crippen molar-refractivity contribution in [3.05, 3.63) is 65.7 Å². The smallest absolute Gasteiger partial charge is 0.173 e. The average molecular weight is 353 g/mol. The molecule has 1 unspecified atom stereocenters. The molecule has 1 atom stereocenters. The Bertz CT molecular complexity index is 690. The molecule has 0 saturated heterocycles. The van der Waals surface area contributed by atoms with E-state index in [1.54, 1.807) is 0 Å². The van der Waals surface area contributed by atoms with Gasteiger partial charge in [-0.1, -0.05) is 56.3 Å². The molecular weight excluding hydrogens is 324 g/mol. The average Bonchev–Trinajstić information content (AvgIpc) is 3.45. The van der Waals surface area contributed by atoms with Gasteiger partial charge < -0.3 is 10.2 Å². The summed E-state index contributed by atoms with van der Waals surface area (Å²) in [5.41, 5.74) is 3.72. The summed E-state index contributed by atoms with van der Waals surface area (Å²) in [5.74, 6) is 1.32. The molecule has 0 radical (unpaired) electrons. The highest BCUT2D eigenvalue weighted by Gasteiger charge is 2.33. The molecular formula is C22H28N2S. The number of rotatable bonds is 6. The Morgan fingerprint density at radius 3 is 2.24 bits per heavy atom. The highest BCUT2D eigenvalue weighted by molar-refractivity contribution is 7.80. The molecule has 1 aliphatic rings. The molecule has 1 N–H and O–H groups in total. The Hall–Kier alpha value is -1.87. The Balaban J connectivity index is 1.71.